The van der Waals surface area contributed by atoms with E-state index in [4.69, 9.17) is 5.11 Å². The lowest BCUT2D eigenvalue weighted by Crippen LogP contribution is -2.53. The Morgan fingerprint density at radius 1 is 1.44 bits per heavy atom. The first kappa shape index (κ1) is 9.29. The maximum Gasteiger partial charge on any atom is 0.255 e. The quantitative estimate of drug-likeness (QED) is 0.703. The molecule has 0 unspecified atom stereocenters. The summed E-state index contributed by atoms with van der Waals surface area (Å²) in [5.41, 5.74) is 1.29. The summed E-state index contributed by atoms with van der Waals surface area (Å²) in [6, 6.07) is 3.47. The van der Waals surface area contributed by atoms with Gasteiger partial charge in [0.25, 0.3) is 5.91 Å². The van der Waals surface area contributed by atoms with E-state index in [1.54, 1.807) is 34.0 Å². The molecule has 2 aromatic heterocycles. The molecular weight excluding hydrogens is 208 g/mol. The largest absolute Gasteiger partial charge is 0.389 e. The van der Waals surface area contributed by atoms with Crippen molar-refractivity contribution in [2.45, 2.75) is 6.10 Å². The zero-order chi connectivity index (χ0) is 11.1. The summed E-state index contributed by atoms with van der Waals surface area (Å²) >= 11 is 0. The maximum absolute atomic E-state index is 11.9. The lowest BCUT2D eigenvalue weighted by atomic mass is 10.1. The van der Waals surface area contributed by atoms with Crippen molar-refractivity contribution in [2.75, 3.05) is 13.1 Å². The minimum atomic E-state index is -0.373. The molecular formula is C10H10N4O2. The van der Waals surface area contributed by atoms with Crippen LogP contribution in [0.25, 0.3) is 5.65 Å². The number of rotatable bonds is 1. The van der Waals surface area contributed by atoms with Gasteiger partial charge in [-0.25, -0.2) is 0 Å². The number of aromatic nitrogens is 3. The third-order valence-corrected chi connectivity index (χ3v) is 2.69. The average molecular weight is 218 g/mol. The predicted molar refractivity (Wildman–Crippen MR) is 54.9 cm³/mol. The van der Waals surface area contributed by atoms with Crippen molar-refractivity contribution in [1.29, 1.82) is 0 Å². The van der Waals surface area contributed by atoms with E-state index in [1.165, 1.54) is 0 Å². The van der Waals surface area contributed by atoms with E-state index in [0.29, 0.717) is 24.3 Å². The first-order valence-electron chi connectivity index (χ1n) is 5.01. The smallest absolute Gasteiger partial charge is 0.255 e. The molecule has 0 aliphatic carbocycles. The molecule has 1 aliphatic rings. The molecule has 0 atom stereocenters. The monoisotopic (exact) mass is 218 g/mol. The van der Waals surface area contributed by atoms with Gasteiger partial charge >= 0.3 is 0 Å². The number of carbonyl (C=O) groups excluding carboxylic acids is 1. The van der Waals surface area contributed by atoms with Gasteiger partial charge in [0.05, 0.1) is 11.7 Å². The van der Waals surface area contributed by atoms with Gasteiger partial charge in [0.15, 0.2) is 5.65 Å². The Morgan fingerprint density at radius 3 is 3.00 bits per heavy atom. The Bertz CT molecular complexity index is 544. The number of pyridine rings is 1. The number of carbonyl (C=O) groups is 1. The van der Waals surface area contributed by atoms with Crippen LogP contribution in [0.5, 0.6) is 0 Å². The zero-order valence-electron chi connectivity index (χ0n) is 8.45. The second-order valence-electron chi connectivity index (χ2n) is 3.88. The van der Waals surface area contributed by atoms with Crippen LogP contribution in [0.3, 0.4) is 0 Å². The van der Waals surface area contributed by atoms with Gasteiger partial charge in [0, 0.05) is 19.3 Å². The number of hydrogen-bond donors (Lipinski definition) is 1. The van der Waals surface area contributed by atoms with Crippen LogP contribution in [0.4, 0.5) is 0 Å². The molecule has 1 saturated heterocycles. The predicted octanol–water partition coefficient (Wildman–Crippen LogP) is -0.454. The fourth-order valence-corrected chi connectivity index (χ4v) is 1.76. The Labute approximate surface area is 91.1 Å². The summed E-state index contributed by atoms with van der Waals surface area (Å²) in [6.07, 6.45) is 2.88. The summed E-state index contributed by atoms with van der Waals surface area (Å²) in [6.45, 7) is 0.831. The Hall–Kier alpha value is -1.95. The number of aliphatic hydroxyl groups is 1. The van der Waals surface area contributed by atoms with Crippen molar-refractivity contribution in [3.05, 3.63) is 30.2 Å². The number of β-amino-alcohol motifs (C(OH)–C–C–N with tert-alkyl or cyclic N) is 1. The standard InChI is InChI=1S/C10H10N4O2/c15-8-4-13(5-8)10(16)7-1-2-9-12-11-6-14(9)3-7/h1-3,6,8,15H,4-5H2. The fourth-order valence-electron chi connectivity index (χ4n) is 1.76. The molecule has 6 nitrogen and oxygen atoms in total. The van der Waals surface area contributed by atoms with Crippen LogP contribution < -0.4 is 0 Å². The number of amides is 1. The molecule has 3 heterocycles. The van der Waals surface area contributed by atoms with Crippen molar-refractivity contribution < 1.29 is 9.90 Å². The zero-order valence-corrected chi connectivity index (χ0v) is 8.45. The van der Waals surface area contributed by atoms with Crippen LogP contribution in [0.1, 0.15) is 10.4 Å². The van der Waals surface area contributed by atoms with E-state index in [-0.39, 0.29) is 12.0 Å². The molecule has 1 fully saturated rings. The Kier molecular flexibility index (Phi) is 1.90. The molecule has 0 radical (unpaired) electrons. The highest BCUT2D eigenvalue weighted by Crippen LogP contribution is 2.13. The first-order chi connectivity index (χ1) is 7.74. The fraction of sp³-hybridized carbons (Fsp3) is 0.300. The lowest BCUT2D eigenvalue weighted by Gasteiger charge is -2.35. The number of nitrogens with zero attached hydrogens (tertiary/aromatic N) is 4. The average Bonchev–Trinajstić information content (AvgIpc) is 2.70. The number of aliphatic hydroxyl groups excluding tert-OH is 1. The van der Waals surface area contributed by atoms with Crippen molar-refractivity contribution >= 4 is 11.6 Å². The summed E-state index contributed by atoms with van der Waals surface area (Å²) in [4.78, 5) is 13.5. The molecule has 16 heavy (non-hydrogen) atoms. The molecule has 3 rings (SSSR count). The molecule has 1 N–H and O–H groups in total. The molecule has 0 aromatic carbocycles. The van der Waals surface area contributed by atoms with Crippen LogP contribution in [-0.4, -0.2) is 49.7 Å². The summed E-state index contributed by atoms with van der Waals surface area (Å²) < 4.78 is 1.70. The molecule has 0 spiro atoms. The topological polar surface area (TPSA) is 70.7 Å². The van der Waals surface area contributed by atoms with E-state index in [9.17, 15) is 4.79 Å². The second kappa shape index (κ2) is 3.28. The Morgan fingerprint density at radius 2 is 2.25 bits per heavy atom. The molecule has 1 aliphatic heterocycles. The summed E-state index contributed by atoms with van der Waals surface area (Å²) in [7, 11) is 0. The summed E-state index contributed by atoms with van der Waals surface area (Å²) in [5, 5.41) is 16.7. The van der Waals surface area contributed by atoms with Crippen molar-refractivity contribution in [2.24, 2.45) is 0 Å². The van der Waals surface area contributed by atoms with E-state index in [0.717, 1.165) is 0 Å². The van der Waals surface area contributed by atoms with E-state index in [1.807, 2.05) is 0 Å². The van der Waals surface area contributed by atoms with Crippen LogP contribution in [-0.2, 0) is 0 Å². The molecule has 0 bridgehead atoms. The number of likely N-dealkylation sites (tertiary alicyclic amines) is 1. The summed E-state index contributed by atoms with van der Waals surface area (Å²) in [5.74, 6) is -0.0686. The first-order valence-corrected chi connectivity index (χ1v) is 5.01. The maximum atomic E-state index is 11.9. The van der Waals surface area contributed by atoms with E-state index < -0.39 is 0 Å². The van der Waals surface area contributed by atoms with Crippen LogP contribution in [0, 0.1) is 0 Å². The molecule has 82 valence electrons. The van der Waals surface area contributed by atoms with Gasteiger partial charge in [0.2, 0.25) is 0 Å². The third kappa shape index (κ3) is 1.35. The van der Waals surface area contributed by atoms with Gasteiger partial charge in [-0.1, -0.05) is 0 Å². The third-order valence-electron chi connectivity index (χ3n) is 2.69. The highest BCUT2D eigenvalue weighted by molar-refractivity contribution is 5.94. The van der Waals surface area contributed by atoms with Gasteiger partial charge in [-0.2, -0.15) is 0 Å². The van der Waals surface area contributed by atoms with Gasteiger partial charge in [-0.15, -0.1) is 10.2 Å². The van der Waals surface area contributed by atoms with Gasteiger partial charge in [-0.3, -0.25) is 9.20 Å². The van der Waals surface area contributed by atoms with Crippen LogP contribution in [0.15, 0.2) is 24.7 Å². The van der Waals surface area contributed by atoms with Crippen molar-refractivity contribution in [3.63, 3.8) is 0 Å². The molecule has 6 heteroatoms. The van der Waals surface area contributed by atoms with E-state index >= 15 is 0 Å². The Balaban J connectivity index is 1.90. The highest BCUT2D eigenvalue weighted by atomic mass is 16.3. The van der Waals surface area contributed by atoms with Gasteiger partial charge in [-0.05, 0) is 12.1 Å². The highest BCUT2D eigenvalue weighted by Gasteiger charge is 2.29. The van der Waals surface area contributed by atoms with Gasteiger partial charge < -0.3 is 10.0 Å². The molecule has 2 aromatic rings. The second-order valence-corrected chi connectivity index (χ2v) is 3.88. The number of fused-ring (bicyclic) bond motifs is 1. The number of hydrogen-bond acceptors (Lipinski definition) is 4. The minimum Gasteiger partial charge on any atom is -0.389 e. The lowest BCUT2D eigenvalue weighted by molar-refractivity contribution is 0.00586. The SMILES string of the molecule is O=C(c1ccc2nncn2c1)N1CC(O)C1. The molecule has 1 amide bonds. The van der Waals surface area contributed by atoms with Crippen LogP contribution >= 0.6 is 0 Å². The minimum absolute atomic E-state index is 0.0686. The van der Waals surface area contributed by atoms with Crippen molar-refractivity contribution in [3.8, 4) is 0 Å². The van der Waals surface area contributed by atoms with Crippen molar-refractivity contribution in [1.82, 2.24) is 19.5 Å². The van der Waals surface area contributed by atoms with Crippen LogP contribution in [0.2, 0.25) is 0 Å². The molecule has 0 saturated carbocycles. The van der Waals surface area contributed by atoms with E-state index in [2.05, 4.69) is 10.2 Å². The normalized spacial score (nSPS) is 16.4. The van der Waals surface area contributed by atoms with Gasteiger partial charge in [0.1, 0.15) is 6.33 Å².